The summed E-state index contributed by atoms with van der Waals surface area (Å²) in [5, 5.41) is 0. The summed E-state index contributed by atoms with van der Waals surface area (Å²) in [6, 6.07) is 10.6. The Morgan fingerprint density at radius 1 is 1.14 bits per heavy atom. The van der Waals surface area contributed by atoms with Crippen molar-refractivity contribution in [1.29, 1.82) is 0 Å². The molecule has 0 spiro atoms. The molecule has 0 bridgehead atoms. The van der Waals surface area contributed by atoms with Crippen molar-refractivity contribution in [1.82, 2.24) is 4.57 Å². The molecule has 1 atom stereocenters. The molecule has 0 unspecified atom stereocenters. The van der Waals surface area contributed by atoms with Crippen LogP contribution in [0.25, 0.3) is 6.08 Å². The number of carbonyl (C=O) groups is 1. The summed E-state index contributed by atoms with van der Waals surface area (Å²) in [6.07, 6.45) is 1.81. The topological polar surface area (TPSA) is 79.1 Å². The summed E-state index contributed by atoms with van der Waals surface area (Å²) in [6.45, 7) is 5.67. The molecule has 0 radical (unpaired) electrons. The number of ether oxygens (including phenoxy) is 3. The molecule has 35 heavy (non-hydrogen) atoms. The molecule has 1 aliphatic heterocycles. The lowest BCUT2D eigenvalue weighted by atomic mass is 9.95. The van der Waals surface area contributed by atoms with E-state index in [-0.39, 0.29) is 12.2 Å². The molecular weight excluding hydrogens is 532 g/mol. The average Bonchev–Trinajstić information content (AvgIpc) is 3.13. The van der Waals surface area contributed by atoms with Gasteiger partial charge in [0.25, 0.3) is 5.56 Å². The number of fused-ring (bicyclic) bond motifs is 1. The van der Waals surface area contributed by atoms with E-state index >= 15 is 0 Å². The SMILES string of the molecule is CCOC(=O)C1=C(C)N=c2s/c(=C/c3ccc(OC)c(Br)c3)c(=O)n2[C@H]1c1ccc(C)c(OC)c1. The van der Waals surface area contributed by atoms with E-state index in [0.717, 1.165) is 21.2 Å². The van der Waals surface area contributed by atoms with Gasteiger partial charge >= 0.3 is 5.97 Å². The molecule has 2 aromatic carbocycles. The molecule has 182 valence electrons. The molecule has 0 N–H and O–H groups in total. The van der Waals surface area contributed by atoms with E-state index in [0.29, 0.717) is 32.1 Å². The first-order valence-corrected chi connectivity index (χ1v) is 12.6. The third kappa shape index (κ3) is 4.70. The van der Waals surface area contributed by atoms with Crippen LogP contribution in [0.1, 0.15) is 36.6 Å². The summed E-state index contributed by atoms with van der Waals surface area (Å²) in [7, 11) is 3.19. The quantitative estimate of drug-likeness (QED) is 0.430. The summed E-state index contributed by atoms with van der Waals surface area (Å²) in [5.41, 5.74) is 3.14. The van der Waals surface area contributed by atoms with Crippen molar-refractivity contribution in [2.24, 2.45) is 4.99 Å². The monoisotopic (exact) mass is 556 g/mol. The number of aromatic nitrogens is 1. The van der Waals surface area contributed by atoms with Crippen molar-refractivity contribution >= 4 is 39.3 Å². The van der Waals surface area contributed by atoms with Gasteiger partial charge in [0, 0.05) is 0 Å². The Morgan fingerprint density at radius 3 is 2.54 bits per heavy atom. The van der Waals surface area contributed by atoms with E-state index in [1.54, 1.807) is 32.6 Å². The first-order valence-electron chi connectivity index (χ1n) is 11.0. The highest BCUT2D eigenvalue weighted by Gasteiger charge is 2.33. The first kappa shape index (κ1) is 24.9. The van der Waals surface area contributed by atoms with Crippen molar-refractivity contribution in [2.75, 3.05) is 20.8 Å². The van der Waals surface area contributed by atoms with Crippen LogP contribution in [-0.2, 0) is 9.53 Å². The Kier molecular flexibility index (Phi) is 7.28. The zero-order valence-corrected chi connectivity index (χ0v) is 22.5. The fourth-order valence-corrected chi connectivity index (χ4v) is 5.64. The van der Waals surface area contributed by atoms with Crippen molar-refractivity contribution in [3.8, 4) is 11.5 Å². The smallest absolute Gasteiger partial charge is 0.338 e. The Morgan fingerprint density at radius 2 is 1.89 bits per heavy atom. The lowest BCUT2D eigenvalue weighted by Crippen LogP contribution is -2.40. The number of methoxy groups -OCH3 is 2. The van der Waals surface area contributed by atoms with Gasteiger partial charge in [-0.25, -0.2) is 9.79 Å². The number of hydrogen-bond donors (Lipinski definition) is 0. The van der Waals surface area contributed by atoms with Crippen molar-refractivity contribution in [3.05, 3.63) is 88.5 Å². The Balaban J connectivity index is 1.95. The third-order valence-corrected chi connectivity index (χ3v) is 7.34. The molecule has 7 nitrogen and oxygen atoms in total. The molecule has 0 saturated heterocycles. The Bertz CT molecular complexity index is 1520. The van der Waals surface area contributed by atoms with Crippen molar-refractivity contribution < 1.29 is 19.0 Å². The van der Waals surface area contributed by atoms with Crippen LogP contribution in [-0.4, -0.2) is 31.4 Å². The second-order valence-electron chi connectivity index (χ2n) is 7.93. The summed E-state index contributed by atoms with van der Waals surface area (Å²) in [4.78, 5) is 31.9. The predicted molar refractivity (Wildman–Crippen MR) is 139 cm³/mol. The van der Waals surface area contributed by atoms with Gasteiger partial charge in [-0.15, -0.1) is 0 Å². The molecule has 9 heteroatoms. The van der Waals surface area contributed by atoms with Gasteiger partial charge in [0.2, 0.25) is 0 Å². The maximum atomic E-state index is 13.7. The largest absolute Gasteiger partial charge is 0.496 e. The van der Waals surface area contributed by atoms with E-state index in [4.69, 9.17) is 14.2 Å². The van der Waals surface area contributed by atoms with Gasteiger partial charge in [0.05, 0.1) is 47.1 Å². The molecule has 1 aromatic heterocycles. The summed E-state index contributed by atoms with van der Waals surface area (Å²) in [5.74, 6) is 0.879. The number of benzene rings is 2. The van der Waals surface area contributed by atoms with Gasteiger partial charge in [-0.3, -0.25) is 9.36 Å². The lowest BCUT2D eigenvalue weighted by molar-refractivity contribution is -0.139. The molecule has 0 amide bonds. The molecule has 2 heterocycles. The van der Waals surface area contributed by atoms with Gasteiger partial charge in [-0.1, -0.05) is 29.5 Å². The van der Waals surface area contributed by atoms with Crippen LogP contribution in [0.15, 0.2) is 61.9 Å². The van der Waals surface area contributed by atoms with Gasteiger partial charge in [-0.05, 0) is 77.7 Å². The number of nitrogens with zero attached hydrogens (tertiary/aromatic N) is 2. The Labute approximate surface area is 215 Å². The Hall–Kier alpha value is -3.17. The lowest BCUT2D eigenvalue weighted by Gasteiger charge is -2.25. The van der Waals surface area contributed by atoms with Crippen LogP contribution < -0.4 is 24.4 Å². The minimum absolute atomic E-state index is 0.219. The molecule has 1 aliphatic rings. The van der Waals surface area contributed by atoms with E-state index in [1.165, 1.54) is 11.3 Å². The zero-order chi connectivity index (χ0) is 25.3. The maximum Gasteiger partial charge on any atom is 0.338 e. The van der Waals surface area contributed by atoms with Gasteiger partial charge < -0.3 is 14.2 Å². The standard InChI is InChI=1S/C26H25BrN2O5S/c1-6-34-25(31)22-15(3)28-26-29(23(22)17-9-7-14(2)20(13-17)33-5)24(30)21(35-26)12-16-8-10-19(32-4)18(27)11-16/h7-13,23H,6H2,1-5H3/b21-12+/t23-/m0/s1. The average molecular weight is 557 g/mol. The van der Waals surface area contributed by atoms with Crippen LogP contribution in [0.4, 0.5) is 0 Å². The zero-order valence-electron chi connectivity index (χ0n) is 20.0. The van der Waals surface area contributed by atoms with Crippen LogP contribution >= 0.6 is 27.3 Å². The summed E-state index contributed by atoms with van der Waals surface area (Å²) >= 11 is 4.77. The number of hydrogen-bond acceptors (Lipinski definition) is 7. The first-order chi connectivity index (χ1) is 16.8. The van der Waals surface area contributed by atoms with Crippen LogP contribution in [0, 0.1) is 6.92 Å². The molecule has 4 rings (SSSR count). The van der Waals surface area contributed by atoms with Crippen LogP contribution in [0.5, 0.6) is 11.5 Å². The van der Waals surface area contributed by atoms with Gasteiger partial charge in [0.15, 0.2) is 4.80 Å². The predicted octanol–water partition coefficient (Wildman–Crippen LogP) is 3.89. The molecular formula is C26H25BrN2O5S. The number of allylic oxidation sites excluding steroid dienone is 1. The number of esters is 1. The number of thiazole rings is 1. The van der Waals surface area contributed by atoms with Gasteiger partial charge in [0.1, 0.15) is 11.5 Å². The van der Waals surface area contributed by atoms with E-state index in [9.17, 15) is 9.59 Å². The molecule has 3 aromatic rings. The highest BCUT2D eigenvalue weighted by atomic mass is 79.9. The van der Waals surface area contributed by atoms with Crippen molar-refractivity contribution in [2.45, 2.75) is 26.8 Å². The fourth-order valence-electron chi connectivity index (χ4n) is 4.04. The minimum atomic E-state index is -0.690. The highest BCUT2D eigenvalue weighted by molar-refractivity contribution is 9.10. The van der Waals surface area contributed by atoms with E-state index in [1.807, 2.05) is 49.4 Å². The molecule has 0 saturated carbocycles. The number of halogens is 1. The second-order valence-corrected chi connectivity index (χ2v) is 9.79. The third-order valence-electron chi connectivity index (χ3n) is 5.74. The minimum Gasteiger partial charge on any atom is -0.496 e. The number of carbonyl (C=O) groups excluding carboxylic acids is 1. The molecule has 0 fully saturated rings. The number of aryl methyl sites for hydroxylation is 1. The van der Waals surface area contributed by atoms with Crippen LogP contribution in [0.2, 0.25) is 0 Å². The maximum absolute atomic E-state index is 13.7. The van der Waals surface area contributed by atoms with Gasteiger partial charge in [-0.2, -0.15) is 0 Å². The molecule has 0 aliphatic carbocycles. The van der Waals surface area contributed by atoms with Crippen molar-refractivity contribution in [3.63, 3.8) is 0 Å². The number of rotatable bonds is 6. The highest BCUT2D eigenvalue weighted by Crippen LogP contribution is 2.33. The summed E-state index contributed by atoms with van der Waals surface area (Å²) < 4.78 is 19.0. The van der Waals surface area contributed by atoms with E-state index < -0.39 is 12.0 Å². The van der Waals surface area contributed by atoms with Crippen LogP contribution in [0.3, 0.4) is 0 Å². The van der Waals surface area contributed by atoms with E-state index in [2.05, 4.69) is 20.9 Å². The normalized spacial score (nSPS) is 15.5. The fraction of sp³-hybridized carbons (Fsp3) is 0.269. The second kappa shape index (κ2) is 10.2.